The van der Waals surface area contributed by atoms with Crippen LogP contribution in [0.5, 0.6) is 0 Å². The maximum atomic E-state index is 12.5. The highest BCUT2D eigenvalue weighted by atomic mass is 35.5. The second-order valence-electron chi connectivity index (χ2n) is 6.27. The fourth-order valence-electron chi connectivity index (χ4n) is 2.71. The van der Waals surface area contributed by atoms with Gasteiger partial charge in [0, 0.05) is 19.2 Å². The van der Waals surface area contributed by atoms with Crippen LogP contribution in [0.25, 0.3) is 0 Å². The van der Waals surface area contributed by atoms with Crippen LogP contribution in [0.15, 0.2) is 18.2 Å². The number of morpholine rings is 1. The van der Waals surface area contributed by atoms with Crippen LogP contribution in [0.2, 0.25) is 5.02 Å². The van der Waals surface area contributed by atoms with Crippen LogP contribution in [0.1, 0.15) is 31.1 Å². The fourth-order valence-corrected chi connectivity index (χ4v) is 2.87. The number of carbonyl (C=O) groups is 2. The lowest BCUT2D eigenvalue weighted by Gasteiger charge is -2.41. The average Bonchev–Trinajstić information content (AvgIpc) is 2.46. The number of benzene rings is 1. The van der Waals surface area contributed by atoms with Gasteiger partial charge >= 0.3 is 6.03 Å². The molecule has 1 saturated heterocycles. The third-order valence-electron chi connectivity index (χ3n) is 3.55. The van der Waals surface area contributed by atoms with Crippen molar-refractivity contribution >= 4 is 29.2 Å². The SMILES string of the molecule is CNC(=O)c1ccc(Cl)c(NC(=O)N2C[C@@H](C)OC(C)(C)C2)c1. The molecule has 23 heavy (non-hydrogen) atoms. The van der Waals surface area contributed by atoms with Crippen LogP contribution in [0.3, 0.4) is 0 Å². The van der Waals surface area contributed by atoms with Crippen molar-refractivity contribution in [2.24, 2.45) is 0 Å². The summed E-state index contributed by atoms with van der Waals surface area (Å²) >= 11 is 6.12. The van der Waals surface area contributed by atoms with Crippen molar-refractivity contribution in [3.05, 3.63) is 28.8 Å². The molecule has 126 valence electrons. The predicted octanol–water partition coefficient (Wildman–Crippen LogP) is 2.73. The highest BCUT2D eigenvalue weighted by Crippen LogP contribution is 2.25. The zero-order chi connectivity index (χ0) is 17.2. The van der Waals surface area contributed by atoms with E-state index >= 15 is 0 Å². The quantitative estimate of drug-likeness (QED) is 0.870. The number of amides is 3. The molecule has 1 atom stereocenters. The van der Waals surface area contributed by atoms with E-state index in [0.29, 0.717) is 29.4 Å². The Bertz CT molecular complexity index is 619. The molecule has 0 bridgehead atoms. The van der Waals surface area contributed by atoms with E-state index in [9.17, 15) is 9.59 Å². The first-order valence-electron chi connectivity index (χ1n) is 7.47. The molecule has 0 unspecified atom stereocenters. The molecule has 1 fully saturated rings. The minimum absolute atomic E-state index is 0.0443. The van der Waals surface area contributed by atoms with Crippen molar-refractivity contribution in [2.45, 2.75) is 32.5 Å². The molecule has 7 heteroatoms. The minimum Gasteiger partial charge on any atom is -0.369 e. The molecule has 0 spiro atoms. The zero-order valence-electron chi connectivity index (χ0n) is 13.8. The van der Waals surface area contributed by atoms with Crippen LogP contribution in [0, 0.1) is 0 Å². The Morgan fingerprint density at radius 3 is 2.70 bits per heavy atom. The maximum absolute atomic E-state index is 12.5. The van der Waals surface area contributed by atoms with Gasteiger partial charge in [-0.1, -0.05) is 11.6 Å². The molecular weight excluding hydrogens is 318 g/mol. The van der Waals surface area contributed by atoms with Gasteiger partial charge in [0.2, 0.25) is 0 Å². The van der Waals surface area contributed by atoms with Crippen molar-refractivity contribution in [3.63, 3.8) is 0 Å². The Labute approximate surface area is 141 Å². The number of anilines is 1. The number of rotatable bonds is 2. The van der Waals surface area contributed by atoms with Gasteiger partial charge in [-0.15, -0.1) is 0 Å². The van der Waals surface area contributed by atoms with E-state index in [1.165, 1.54) is 0 Å². The predicted molar refractivity (Wildman–Crippen MR) is 90.1 cm³/mol. The summed E-state index contributed by atoms with van der Waals surface area (Å²) in [6.07, 6.45) is -0.0443. The maximum Gasteiger partial charge on any atom is 0.322 e. The Morgan fingerprint density at radius 2 is 2.09 bits per heavy atom. The number of hydrogen-bond acceptors (Lipinski definition) is 3. The van der Waals surface area contributed by atoms with E-state index in [2.05, 4.69) is 10.6 Å². The monoisotopic (exact) mass is 339 g/mol. The number of nitrogens with zero attached hydrogens (tertiary/aromatic N) is 1. The minimum atomic E-state index is -0.400. The molecule has 1 aliphatic heterocycles. The van der Waals surface area contributed by atoms with Crippen molar-refractivity contribution in [1.29, 1.82) is 0 Å². The molecule has 2 rings (SSSR count). The number of carbonyl (C=O) groups excluding carboxylic acids is 2. The van der Waals surface area contributed by atoms with Crippen LogP contribution >= 0.6 is 11.6 Å². The topological polar surface area (TPSA) is 70.7 Å². The van der Waals surface area contributed by atoms with Crippen LogP contribution in [0.4, 0.5) is 10.5 Å². The van der Waals surface area contributed by atoms with E-state index in [4.69, 9.17) is 16.3 Å². The Kier molecular flexibility index (Phi) is 5.16. The Hall–Kier alpha value is -1.79. The summed E-state index contributed by atoms with van der Waals surface area (Å²) in [4.78, 5) is 25.9. The first-order valence-corrected chi connectivity index (χ1v) is 7.85. The van der Waals surface area contributed by atoms with Gasteiger partial charge in [-0.3, -0.25) is 4.79 Å². The van der Waals surface area contributed by atoms with E-state index < -0.39 is 5.60 Å². The van der Waals surface area contributed by atoms with E-state index in [1.807, 2.05) is 20.8 Å². The van der Waals surface area contributed by atoms with Gasteiger partial charge < -0.3 is 20.3 Å². The van der Waals surface area contributed by atoms with Crippen molar-refractivity contribution in [3.8, 4) is 0 Å². The molecule has 0 aromatic heterocycles. The van der Waals surface area contributed by atoms with Gasteiger partial charge in [-0.25, -0.2) is 4.79 Å². The summed E-state index contributed by atoms with van der Waals surface area (Å²) in [6, 6.07) is 4.50. The first kappa shape index (κ1) is 17.6. The van der Waals surface area contributed by atoms with Gasteiger partial charge in [0.15, 0.2) is 0 Å². The number of ether oxygens (including phenoxy) is 1. The Balaban J connectivity index is 2.15. The lowest BCUT2D eigenvalue weighted by molar-refractivity contribution is -0.116. The van der Waals surface area contributed by atoms with Crippen molar-refractivity contribution < 1.29 is 14.3 Å². The molecule has 3 amide bonds. The second-order valence-corrected chi connectivity index (χ2v) is 6.68. The standard InChI is InChI=1S/C16H22ClN3O3/c1-10-8-20(9-16(2,3)23-10)15(22)19-13-7-11(14(21)18-4)5-6-12(13)17/h5-7,10H,8-9H2,1-4H3,(H,18,21)(H,19,22)/t10-/m1/s1. The fraction of sp³-hybridized carbons (Fsp3) is 0.500. The van der Waals surface area contributed by atoms with Crippen LogP contribution in [-0.4, -0.2) is 48.7 Å². The van der Waals surface area contributed by atoms with Gasteiger partial charge in [0.05, 0.1) is 29.0 Å². The van der Waals surface area contributed by atoms with E-state index in [0.717, 1.165) is 0 Å². The van der Waals surface area contributed by atoms with Crippen LogP contribution < -0.4 is 10.6 Å². The normalized spacial score (nSPS) is 20.0. The van der Waals surface area contributed by atoms with E-state index in [1.54, 1.807) is 30.1 Å². The van der Waals surface area contributed by atoms with Gasteiger partial charge in [-0.2, -0.15) is 0 Å². The molecule has 1 aromatic rings. The number of hydrogen-bond donors (Lipinski definition) is 2. The van der Waals surface area contributed by atoms with Crippen molar-refractivity contribution in [2.75, 3.05) is 25.5 Å². The summed E-state index contributed by atoms with van der Waals surface area (Å²) in [6.45, 7) is 6.81. The third-order valence-corrected chi connectivity index (χ3v) is 3.88. The average molecular weight is 340 g/mol. The summed E-state index contributed by atoms with van der Waals surface area (Å²) in [5, 5.41) is 5.70. The van der Waals surface area contributed by atoms with E-state index in [-0.39, 0.29) is 18.0 Å². The smallest absolute Gasteiger partial charge is 0.322 e. The summed E-state index contributed by atoms with van der Waals surface area (Å²) in [7, 11) is 1.55. The molecule has 6 nitrogen and oxygen atoms in total. The van der Waals surface area contributed by atoms with Gasteiger partial charge in [-0.05, 0) is 39.0 Å². The highest BCUT2D eigenvalue weighted by molar-refractivity contribution is 6.33. The zero-order valence-corrected chi connectivity index (χ0v) is 14.5. The molecule has 1 heterocycles. The molecule has 1 aromatic carbocycles. The number of halogens is 1. The second kappa shape index (κ2) is 6.76. The molecule has 2 N–H and O–H groups in total. The lowest BCUT2D eigenvalue weighted by atomic mass is 10.1. The van der Waals surface area contributed by atoms with Gasteiger partial charge in [0.1, 0.15) is 0 Å². The largest absolute Gasteiger partial charge is 0.369 e. The molecular formula is C16H22ClN3O3. The van der Waals surface area contributed by atoms with Crippen molar-refractivity contribution in [1.82, 2.24) is 10.2 Å². The highest BCUT2D eigenvalue weighted by Gasteiger charge is 2.33. The number of urea groups is 1. The lowest BCUT2D eigenvalue weighted by Crippen LogP contribution is -2.54. The summed E-state index contributed by atoms with van der Waals surface area (Å²) < 4.78 is 5.79. The molecule has 0 aliphatic carbocycles. The van der Waals surface area contributed by atoms with Gasteiger partial charge in [0.25, 0.3) is 5.91 Å². The summed E-state index contributed by atoms with van der Waals surface area (Å²) in [5.41, 5.74) is 0.445. The Morgan fingerprint density at radius 1 is 1.39 bits per heavy atom. The number of nitrogens with one attached hydrogen (secondary N) is 2. The molecule has 1 aliphatic rings. The first-order chi connectivity index (χ1) is 10.7. The molecule has 0 saturated carbocycles. The molecule has 0 radical (unpaired) electrons. The summed E-state index contributed by atoms with van der Waals surface area (Å²) in [5.74, 6) is -0.238. The van der Waals surface area contributed by atoms with Crippen LogP contribution in [-0.2, 0) is 4.74 Å². The third kappa shape index (κ3) is 4.36.